The molecule has 1 aromatic heterocycles. The number of aromatic nitrogens is 2. The van der Waals surface area contributed by atoms with Crippen LogP contribution in [0.15, 0.2) is 6.07 Å². The largest absolute Gasteiger partial charge is 0.481 e. The number of hydrogen-bond acceptors (Lipinski definition) is 7. The molecular formula is C9H17N5O3S. The Morgan fingerprint density at radius 2 is 2.11 bits per heavy atom. The number of sulfonamides is 1. The number of hydrogen-bond donors (Lipinski definition) is 3. The van der Waals surface area contributed by atoms with Crippen molar-refractivity contribution in [3.8, 4) is 5.88 Å². The Bertz CT molecular complexity index is 491. The Kier molecular flexibility index (Phi) is 5.10. The Hall–Kier alpha value is -1.61. The monoisotopic (exact) mass is 275 g/mol. The maximum Gasteiger partial charge on any atom is 0.225 e. The lowest BCUT2D eigenvalue weighted by Crippen LogP contribution is -2.24. The van der Waals surface area contributed by atoms with Gasteiger partial charge in [0.25, 0.3) is 0 Å². The summed E-state index contributed by atoms with van der Waals surface area (Å²) in [5.74, 6) is 1.03. The van der Waals surface area contributed by atoms with Gasteiger partial charge in [0.05, 0.1) is 13.4 Å². The number of anilines is 2. The Balaban J connectivity index is 2.37. The van der Waals surface area contributed by atoms with E-state index in [1.54, 1.807) is 6.07 Å². The van der Waals surface area contributed by atoms with E-state index in [9.17, 15) is 8.42 Å². The standard InChI is InChI=1S/C9H17N5O3S/c1-17-8-6-7(13-9(10)14-8)11-4-3-5-12-18(2,15)16/h6,12H,3-5H2,1-2H3,(H3,10,11,13,14). The fourth-order valence-electron chi connectivity index (χ4n) is 1.20. The van der Waals surface area contributed by atoms with Crippen LogP contribution in [0.4, 0.5) is 11.8 Å². The summed E-state index contributed by atoms with van der Waals surface area (Å²) < 4.78 is 29.0. The number of nitrogens with two attached hydrogens (primary N) is 1. The molecule has 0 atom stereocenters. The lowest BCUT2D eigenvalue weighted by molar-refractivity contribution is 0.398. The van der Waals surface area contributed by atoms with Gasteiger partial charge in [-0.2, -0.15) is 9.97 Å². The summed E-state index contributed by atoms with van der Waals surface area (Å²) in [6.07, 6.45) is 1.75. The van der Waals surface area contributed by atoms with Gasteiger partial charge in [0.15, 0.2) is 0 Å². The van der Waals surface area contributed by atoms with Crippen LogP contribution in [0.25, 0.3) is 0 Å². The van der Waals surface area contributed by atoms with Crippen LogP contribution < -0.4 is 20.5 Å². The number of nitrogens with one attached hydrogen (secondary N) is 2. The van der Waals surface area contributed by atoms with Crippen LogP contribution in [0.2, 0.25) is 0 Å². The van der Waals surface area contributed by atoms with Gasteiger partial charge >= 0.3 is 0 Å². The fraction of sp³-hybridized carbons (Fsp3) is 0.556. The summed E-state index contributed by atoms with van der Waals surface area (Å²) in [6.45, 7) is 0.922. The van der Waals surface area contributed by atoms with Crippen molar-refractivity contribution in [1.82, 2.24) is 14.7 Å². The molecule has 1 heterocycles. The molecule has 0 aromatic carbocycles. The third-order valence-electron chi connectivity index (χ3n) is 1.95. The van der Waals surface area contributed by atoms with Crippen molar-refractivity contribution in [3.05, 3.63) is 6.07 Å². The van der Waals surface area contributed by atoms with E-state index < -0.39 is 10.0 Å². The molecular weight excluding hydrogens is 258 g/mol. The van der Waals surface area contributed by atoms with Crippen LogP contribution in [-0.2, 0) is 10.0 Å². The van der Waals surface area contributed by atoms with Crippen LogP contribution >= 0.6 is 0 Å². The van der Waals surface area contributed by atoms with Gasteiger partial charge in [-0.3, -0.25) is 0 Å². The molecule has 9 heteroatoms. The highest BCUT2D eigenvalue weighted by molar-refractivity contribution is 7.88. The fourth-order valence-corrected chi connectivity index (χ4v) is 1.72. The van der Waals surface area contributed by atoms with Gasteiger partial charge in [-0.25, -0.2) is 13.1 Å². The van der Waals surface area contributed by atoms with Gasteiger partial charge in [0.2, 0.25) is 21.9 Å². The first-order valence-corrected chi connectivity index (χ1v) is 7.17. The second-order valence-electron chi connectivity index (χ2n) is 3.60. The molecule has 1 aromatic rings. The second-order valence-corrected chi connectivity index (χ2v) is 5.43. The van der Waals surface area contributed by atoms with E-state index in [1.165, 1.54) is 7.11 Å². The predicted octanol–water partition coefficient (Wildman–Crippen LogP) is -0.581. The summed E-state index contributed by atoms with van der Waals surface area (Å²) in [6, 6.07) is 1.61. The van der Waals surface area contributed by atoms with Crippen molar-refractivity contribution >= 4 is 21.8 Å². The van der Waals surface area contributed by atoms with E-state index in [0.29, 0.717) is 31.2 Å². The third-order valence-corrected chi connectivity index (χ3v) is 2.68. The third kappa shape index (κ3) is 5.64. The van der Waals surface area contributed by atoms with Gasteiger partial charge in [-0.15, -0.1) is 0 Å². The van der Waals surface area contributed by atoms with Crippen molar-refractivity contribution in [1.29, 1.82) is 0 Å². The molecule has 0 saturated carbocycles. The molecule has 0 aliphatic carbocycles. The van der Waals surface area contributed by atoms with E-state index in [-0.39, 0.29) is 5.95 Å². The lowest BCUT2D eigenvalue weighted by atomic mass is 10.4. The Morgan fingerprint density at radius 3 is 2.72 bits per heavy atom. The molecule has 0 amide bonds. The molecule has 4 N–H and O–H groups in total. The molecule has 0 aliphatic rings. The van der Waals surface area contributed by atoms with Crippen LogP contribution in [0.5, 0.6) is 5.88 Å². The normalized spacial score (nSPS) is 11.2. The van der Waals surface area contributed by atoms with E-state index in [0.717, 1.165) is 6.26 Å². The molecule has 0 fully saturated rings. The topological polar surface area (TPSA) is 119 Å². The maximum absolute atomic E-state index is 10.8. The molecule has 0 saturated heterocycles. The first-order chi connectivity index (χ1) is 8.40. The minimum absolute atomic E-state index is 0.117. The summed E-state index contributed by atoms with van der Waals surface area (Å²) in [5, 5.41) is 3.00. The van der Waals surface area contributed by atoms with E-state index >= 15 is 0 Å². The highest BCUT2D eigenvalue weighted by Crippen LogP contribution is 2.13. The highest BCUT2D eigenvalue weighted by Gasteiger charge is 2.02. The maximum atomic E-state index is 10.8. The molecule has 1 rings (SSSR count). The minimum atomic E-state index is -3.13. The predicted molar refractivity (Wildman–Crippen MR) is 68.9 cm³/mol. The van der Waals surface area contributed by atoms with Crippen molar-refractivity contribution in [2.24, 2.45) is 0 Å². The SMILES string of the molecule is COc1cc(NCCCNS(C)(=O)=O)nc(N)n1. The van der Waals surface area contributed by atoms with Crippen molar-refractivity contribution in [2.45, 2.75) is 6.42 Å². The Morgan fingerprint density at radius 1 is 1.39 bits per heavy atom. The summed E-state index contributed by atoms with van der Waals surface area (Å²) in [4.78, 5) is 7.81. The average molecular weight is 275 g/mol. The summed E-state index contributed by atoms with van der Waals surface area (Å²) in [7, 11) is -1.64. The molecule has 0 aliphatic heterocycles. The Labute approximate surface area is 106 Å². The van der Waals surface area contributed by atoms with Crippen LogP contribution in [0.1, 0.15) is 6.42 Å². The number of methoxy groups -OCH3 is 1. The van der Waals surface area contributed by atoms with E-state index in [4.69, 9.17) is 10.5 Å². The highest BCUT2D eigenvalue weighted by atomic mass is 32.2. The molecule has 0 spiro atoms. The number of nitrogen functional groups attached to an aromatic ring is 1. The minimum Gasteiger partial charge on any atom is -0.481 e. The molecule has 102 valence electrons. The van der Waals surface area contributed by atoms with E-state index in [2.05, 4.69) is 20.0 Å². The second kappa shape index (κ2) is 6.36. The van der Waals surface area contributed by atoms with Crippen LogP contribution in [0.3, 0.4) is 0 Å². The van der Waals surface area contributed by atoms with Crippen molar-refractivity contribution in [3.63, 3.8) is 0 Å². The van der Waals surface area contributed by atoms with Crippen LogP contribution in [-0.4, -0.2) is 44.8 Å². The number of rotatable bonds is 7. The zero-order chi connectivity index (χ0) is 13.6. The van der Waals surface area contributed by atoms with Gasteiger partial charge < -0.3 is 15.8 Å². The van der Waals surface area contributed by atoms with Gasteiger partial charge in [-0.1, -0.05) is 0 Å². The van der Waals surface area contributed by atoms with E-state index in [1.807, 2.05) is 0 Å². The number of nitrogens with zero attached hydrogens (tertiary/aromatic N) is 2. The first kappa shape index (κ1) is 14.5. The molecule has 18 heavy (non-hydrogen) atoms. The smallest absolute Gasteiger partial charge is 0.225 e. The van der Waals surface area contributed by atoms with Gasteiger partial charge in [0, 0.05) is 19.2 Å². The van der Waals surface area contributed by atoms with Crippen molar-refractivity contribution < 1.29 is 13.2 Å². The summed E-state index contributed by atoms with van der Waals surface area (Å²) >= 11 is 0. The molecule has 0 radical (unpaired) electrons. The quantitative estimate of drug-likeness (QED) is 0.569. The first-order valence-electron chi connectivity index (χ1n) is 5.28. The van der Waals surface area contributed by atoms with Gasteiger partial charge in [-0.05, 0) is 6.42 Å². The number of ether oxygens (including phenoxy) is 1. The lowest BCUT2D eigenvalue weighted by Gasteiger charge is -2.07. The summed E-state index contributed by atoms with van der Waals surface area (Å²) in [5.41, 5.74) is 5.49. The van der Waals surface area contributed by atoms with Crippen LogP contribution in [0, 0.1) is 0 Å². The molecule has 8 nitrogen and oxygen atoms in total. The van der Waals surface area contributed by atoms with Crippen molar-refractivity contribution in [2.75, 3.05) is 37.5 Å². The molecule has 0 unspecified atom stereocenters. The zero-order valence-corrected chi connectivity index (χ0v) is 11.1. The zero-order valence-electron chi connectivity index (χ0n) is 10.3. The van der Waals surface area contributed by atoms with Gasteiger partial charge in [0.1, 0.15) is 5.82 Å². The molecule has 0 bridgehead atoms. The average Bonchev–Trinajstić information content (AvgIpc) is 2.26.